The molecule has 70 valence electrons. The Balaban J connectivity index is 2.90. The Labute approximate surface area is 83.8 Å². The molecule has 2 aromatic carbocycles. The molecule has 0 amide bonds. The zero-order valence-corrected chi connectivity index (χ0v) is 8.55. The molecule has 0 radical (unpaired) electrons. The van der Waals surface area contributed by atoms with E-state index in [-0.39, 0.29) is 0 Å². The van der Waals surface area contributed by atoms with Crippen LogP contribution in [-0.4, -0.2) is 11.1 Å². The van der Waals surface area contributed by atoms with Crippen molar-refractivity contribution < 1.29 is 9.90 Å². The molecule has 0 heterocycles. The van der Waals surface area contributed by atoms with Gasteiger partial charge in [0.25, 0.3) is 0 Å². The number of hydrogen-bond acceptors (Lipinski definition) is 1. The fourth-order valence-corrected chi connectivity index (χ4v) is 1.90. The van der Waals surface area contributed by atoms with Gasteiger partial charge in [-0.2, -0.15) is 0 Å². The van der Waals surface area contributed by atoms with Crippen molar-refractivity contribution in [2.45, 2.75) is 0 Å². The number of rotatable bonds is 1. The first-order valence-electron chi connectivity index (χ1n) is 4.20. The molecule has 0 aliphatic rings. The molecular weight excluding hydrogens is 195 g/mol. The number of carboxylic acid groups (broad SMARTS) is 1. The molecule has 0 spiro atoms. The van der Waals surface area contributed by atoms with Crippen molar-refractivity contribution >= 4 is 31.3 Å². The number of aromatic carboxylic acids is 1. The number of hydrogen-bond donors (Lipinski definition) is 1. The van der Waals surface area contributed by atoms with Crippen molar-refractivity contribution in [3.63, 3.8) is 0 Å². The lowest BCUT2D eigenvalue weighted by Gasteiger charge is -2.04. The van der Waals surface area contributed by atoms with Crippen LogP contribution < -0.4 is 5.30 Å². The highest BCUT2D eigenvalue weighted by Gasteiger charge is 2.10. The van der Waals surface area contributed by atoms with Crippen LogP contribution in [0.3, 0.4) is 0 Å². The van der Waals surface area contributed by atoms with Crippen LogP contribution in [0.25, 0.3) is 10.8 Å². The van der Waals surface area contributed by atoms with Crippen LogP contribution in [0.4, 0.5) is 0 Å². The second-order valence-corrected chi connectivity index (χ2v) is 3.68. The zero-order valence-electron chi connectivity index (χ0n) is 7.40. The van der Waals surface area contributed by atoms with E-state index in [2.05, 4.69) is 9.24 Å². The van der Waals surface area contributed by atoms with E-state index in [9.17, 15) is 4.79 Å². The van der Waals surface area contributed by atoms with Crippen LogP contribution in [-0.2, 0) is 0 Å². The third-order valence-corrected chi connectivity index (χ3v) is 2.66. The van der Waals surface area contributed by atoms with Crippen molar-refractivity contribution in [3.8, 4) is 0 Å². The lowest BCUT2D eigenvalue weighted by Crippen LogP contribution is -2.09. The maximum Gasteiger partial charge on any atom is 0.336 e. The lowest BCUT2D eigenvalue weighted by atomic mass is 10.0. The van der Waals surface area contributed by atoms with Gasteiger partial charge in [-0.3, -0.25) is 0 Å². The third-order valence-electron chi connectivity index (χ3n) is 2.18. The molecular formula is C11H9O2P. The van der Waals surface area contributed by atoms with Crippen LogP contribution in [0.2, 0.25) is 0 Å². The average molecular weight is 204 g/mol. The summed E-state index contributed by atoms with van der Waals surface area (Å²) < 4.78 is 0. The first-order valence-corrected chi connectivity index (χ1v) is 4.78. The van der Waals surface area contributed by atoms with Crippen molar-refractivity contribution in [3.05, 3.63) is 42.0 Å². The first kappa shape index (κ1) is 9.17. The van der Waals surface area contributed by atoms with Gasteiger partial charge in [0.2, 0.25) is 0 Å². The summed E-state index contributed by atoms with van der Waals surface area (Å²) in [6, 6.07) is 11.2. The molecule has 1 atom stereocenters. The Morgan fingerprint density at radius 1 is 1.14 bits per heavy atom. The quantitative estimate of drug-likeness (QED) is 0.721. The van der Waals surface area contributed by atoms with Crippen LogP contribution in [0.1, 0.15) is 10.4 Å². The van der Waals surface area contributed by atoms with Gasteiger partial charge in [-0.05, 0) is 16.1 Å². The molecule has 14 heavy (non-hydrogen) atoms. The van der Waals surface area contributed by atoms with Gasteiger partial charge in [-0.25, -0.2) is 4.79 Å². The summed E-state index contributed by atoms with van der Waals surface area (Å²) in [7, 11) is 2.45. The molecule has 0 aromatic heterocycles. The number of carboxylic acids is 1. The molecule has 0 bridgehead atoms. The van der Waals surface area contributed by atoms with E-state index in [1.54, 1.807) is 6.07 Å². The molecule has 0 aliphatic carbocycles. The van der Waals surface area contributed by atoms with Gasteiger partial charge in [0.15, 0.2) is 0 Å². The van der Waals surface area contributed by atoms with Crippen molar-refractivity contribution in [2.75, 3.05) is 0 Å². The predicted octanol–water partition coefficient (Wildman–Crippen LogP) is 2.04. The summed E-state index contributed by atoms with van der Waals surface area (Å²) in [6.07, 6.45) is 0. The Kier molecular flexibility index (Phi) is 2.22. The summed E-state index contributed by atoms with van der Waals surface area (Å²) >= 11 is 0. The maximum atomic E-state index is 11.0. The van der Waals surface area contributed by atoms with E-state index in [0.29, 0.717) is 5.56 Å². The highest BCUT2D eigenvalue weighted by molar-refractivity contribution is 7.27. The van der Waals surface area contributed by atoms with Crippen LogP contribution in [0.15, 0.2) is 36.4 Å². The summed E-state index contributed by atoms with van der Waals surface area (Å²) in [5.41, 5.74) is 0.369. The minimum atomic E-state index is -0.883. The highest BCUT2D eigenvalue weighted by Crippen LogP contribution is 2.18. The van der Waals surface area contributed by atoms with E-state index in [1.807, 2.05) is 30.3 Å². The fourth-order valence-electron chi connectivity index (χ4n) is 1.53. The van der Waals surface area contributed by atoms with E-state index in [4.69, 9.17) is 5.11 Å². The second-order valence-electron chi connectivity index (χ2n) is 3.06. The average Bonchev–Trinajstić information content (AvgIpc) is 2.17. The zero-order chi connectivity index (χ0) is 10.1. The first-order chi connectivity index (χ1) is 6.70. The fraction of sp³-hybridized carbons (Fsp3) is 0. The predicted molar refractivity (Wildman–Crippen MR) is 60.3 cm³/mol. The molecule has 1 N–H and O–H groups in total. The molecule has 0 saturated heterocycles. The van der Waals surface area contributed by atoms with Crippen molar-refractivity contribution in [2.24, 2.45) is 0 Å². The molecule has 0 saturated carbocycles. The van der Waals surface area contributed by atoms with Gasteiger partial charge < -0.3 is 5.11 Å². The Bertz CT molecular complexity index is 506. The number of benzene rings is 2. The molecule has 3 heteroatoms. The van der Waals surface area contributed by atoms with Crippen LogP contribution >= 0.6 is 9.24 Å². The molecule has 1 unspecified atom stereocenters. The number of fused-ring (bicyclic) bond motifs is 1. The van der Waals surface area contributed by atoms with E-state index < -0.39 is 5.97 Å². The summed E-state index contributed by atoms with van der Waals surface area (Å²) in [4.78, 5) is 11.0. The molecule has 0 aliphatic heterocycles. The van der Waals surface area contributed by atoms with E-state index in [1.165, 1.54) is 0 Å². The molecule has 2 nitrogen and oxygen atoms in total. The van der Waals surface area contributed by atoms with Gasteiger partial charge in [-0.1, -0.05) is 36.4 Å². The Hall–Kier alpha value is -1.40. The van der Waals surface area contributed by atoms with Gasteiger partial charge in [0.1, 0.15) is 0 Å². The van der Waals surface area contributed by atoms with Crippen molar-refractivity contribution in [1.29, 1.82) is 0 Å². The maximum absolute atomic E-state index is 11.0. The largest absolute Gasteiger partial charge is 0.478 e. The standard InChI is InChI=1S/C11H9O2P/c12-11(13)10-8-4-2-1-3-7(8)5-6-9(10)14/h1-6H,14H2,(H,12,13). The van der Waals surface area contributed by atoms with Gasteiger partial charge in [-0.15, -0.1) is 9.24 Å². The van der Waals surface area contributed by atoms with Crippen LogP contribution in [0.5, 0.6) is 0 Å². The van der Waals surface area contributed by atoms with Crippen LogP contribution in [0, 0.1) is 0 Å². The molecule has 2 aromatic rings. The molecule has 2 rings (SSSR count). The van der Waals surface area contributed by atoms with E-state index in [0.717, 1.165) is 16.1 Å². The summed E-state index contributed by atoms with van der Waals surface area (Å²) in [5.74, 6) is -0.883. The second kappa shape index (κ2) is 3.39. The lowest BCUT2D eigenvalue weighted by molar-refractivity contribution is 0.0700. The van der Waals surface area contributed by atoms with E-state index >= 15 is 0 Å². The monoisotopic (exact) mass is 204 g/mol. The SMILES string of the molecule is O=C(O)c1c(P)ccc2ccccc12. The summed E-state index contributed by atoms with van der Waals surface area (Å²) in [5, 5.41) is 11.5. The smallest absolute Gasteiger partial charge is 0.336 e. The normalized spacial score (nSPS) is 10.4. The molecule has 0 fully saturated rings. The summed E-state index contributed by atoms with van der Waals surface area (Å²) in [6.45, 7) is 0. The number of carbonyl (C=O) groups is 1. The Morgan fingerprint density at radius 2 is 1.86 bits per heavy atom. The minimum absolute atomic E-state index is 0.369. The van der Waals surface area contributed by atoms with Gasteiger partial charge in [0, 0.05) is 0 Å². The topological polar surface area (TPSA) is 37.3 Å². The van der Waals surface area contributed by atoms with Gasteiger partial charge >= 0.3 is 5.97 Å². The third kappa shape index (κ3) is 1.38. The minimum Gasteiger partial charge on any atom is -0.478 e. The van der Waals surface area contributed by atoms with Gasteiger partial charge in [0.05, 0.1) is 5.56 Å². The highest BCUT2D eigenvalue weighted by atomic mass is 31.0. The Morgan fingerprint density at radius 3 is 2.57 bits per heavy atom. The van der Waals surface area contributed by atoms with Crippen molar-refractivity contribution in [1.82, 2.24) is 0 Å².